The number of hydrogen-bond acceptors (Lipinski definition) is 3. The van der Waals surface area contributed by atoms with Gasteiger partial charge in [0.05, 0.1) is 6.04 Å². The van der Waals surface area contributed by atoms with Crippen LogP contribution in [-0.4, -0.2) is 20.7 Å². The van der Waals surface area contributed by atoms with Crippen molar-refractivity contribution in [3.63, 3.8) is 0 Å². The van der Waals surface area contributed by atoms with Crippen molar-refractivity contribution in [3.05, 3.63) is 70.0 Å². The molecule has 2 aromatic carbocycles. The second-order valence-electron chi connectivity index (χ2n) is 6.27. The maximum Gasteiger partial charge on any atom is 0.240 e. The molecule has 3 aromatic rings. The molecule has 8 heteroatoms. The average Bonchev–Trinajstić information content (AvgIpc) is 2.98. The normalized spacial score (nSPS) is 12.0. The molecule has 0 bridgehead atoms. The summed E-state index contributed by atoms with van der Waals surface area (Å²) in [6.07, 6.45) is 0. The first kappa shape index (κ1) is 18.9. The van der Waals surface area contributed by atoms with E-state index in [1.165, 1.54) is 6.07 Å². The quantitative estimate of drug-likeness (QED) is 0.648. The summed E-state index contributed by atoms with van der Waals surface area (Å²) in [4.78, 5) is 12.4. The Hall–Kier alpha value is -2.87. The standard InChI is InChI=1S/C19H18F2N4OS/c1-11-3-5-13(6-4-11)18-23-24-19(27)25(18)10-17(26)22-12(2)14-7-8-15(20)16(21)9-14/h3-9,12H,10H2,1-2H3,(H,22,26)(H,24,27). The predicted octanol–water partition coefficient (Wildman–Crippen LogP) is 4.07. The number of rotatable bonds is 5. The molecule has 2 N–H and O–H groups in total. The number of halogens is 2. The van der Waals surface area contributed by atoms with Crippen molar-refractivity contribution in [2.75, 3.05) is 0 Å². The number of carbonyl (C=O) groups excluding carboxylic acids is 1. The Kier molecular flexibility index (Phi) is 5.46. The second-order valence-corrected chi connectivity index (χ2v) is 6.65. The number of benzene rings is 2. The Morgan fingerprint density at radius 2 is 1.93 bits per heavy atom. The molecule has 3 rings (SSSR count). The molecule has 0 aliphatic carbocycles. The first-order chi connectivity index (χ1) is 12.8. The van der Waals surface area contributed by atoms with Crippen LogP contribution in [0.5, 0.6) is 0 Å². The Labute approximate surface area is 160 Å². The van der Waals surface area contributed by atoms with Crippen LogP contribution in [0.4, 0.5) is 8.78 Å². The zero-order valence-corrected chi connectivity index (χ0v) is 15.6. The van der Waals surface area contributed by atoms with Crippen LogP contribution >= 0.6 is 12.2 Å². The van der Waals surface area contributed by atoms with Crippen LogP contribution in [-0.2, 0) is 11.3 Å². The van der Waals surface area contributed by atoms with Crippen LogP contribution in [0.1, 0.15) is 24.1 Å². The third-order valence-corrected chi connectivity index (χ3v) is 4.50. The summed E-state index contributed by atoms with van der Waals surface area (Å²) in [5, 5.41) is 9.66. The number of aromatic nitrogens is 3. The summed E-state index contributed by atoms with van der Waals surface area (Å²) < 4.78 is 28.4. The number of aryl methyl sites for hydroxylation is 1. The smallest absolute Gasteiger partial charge is 0.240 e. The van der Waals surface area contributed by atoms with E-state index < -0.39 is 17.7 Å². The van der Waals surface area contributed by atoms with Crippen LogP contribution in [0.3, 0.4) is 0 Å². The average molecular weight is 388 g/mol. The van der Waals surface area contributed by atoms with E-state index in [0.717, 1.165) is 23.3 Å². The summed E-state index contributed by atoms with van der Waals surface area (Å²) in [5.41, 5.74) is 2.41. The molecule has 0 radical (unpaired) electrons. The molecule has 1 amide bonds. The van der Waals surface area contributed by atoms with Crippen LogP contribution in [0.25, 0.3) is 11.4 Å². The van der Waals surface area contributed by atoms with E-state index in [-0.39, 0.29) is 12.5 Å². The predicted molar refractivity (Wildman–Crippen MR) is 101 cm³/mol. The summed E-state index contributed by atoms with van der Waals surface area (Å²) in [5.74, 6) is -1.65. The van der Waals surface area contributed by atoms with Gasteiger partial charge in [-0.1, -0.05) is 35.9 Å². The van der Waals surface area contributed by atoms with Crippen LogP contribution < -0.4 is 5.32 Å². The minimum absolute atomic E-state index is 0.0490. The maximum atomic E-state index is 13.4. The van der Waals surface area contributed by atoms with Gasteiger partial charge in [0.15, 0.2) is 22.2 Å². The highest BCUT2D eigenvalue weighted by Crippen LogP contribution is 2.19. The number of nitrogens with one attached hydrogen (secondary N) is 2. The van der Waals surface area contributed by atoms with Gasteiger partial charge in [-0.05, 0) is 43.8 Å². The van der Waals surface area contributed by atoms with Crippen LogP contribution in [0, 0.1) is 23.3 Å². The Morgan fingerprint density at radius 1 is 1.22 bits per heavy atom. The Balaban J connectivity index is 1.76. The van der Waals surface area contributed by atoms with E-state index in [4.69, 9.17) is 12.2 Å². The molecular formula is C19H18F2N4OS. The number of hydrogen-bond donors (Lipinski definition) is 2. The van der Waals surface area contributed by atoms with Crippen molar-refractivity contribution >= 4 is 18.1 Å². The SMILES string of the molecule is Cc1ccc(-c2n[nH]c(=S)n2CC(=O)NC(C)c2ccc(F)c(F)c2)cc1. The first-order valence-corrected chi connectivity index (χ1v) is 8.72. The molecule has 140 valence electrons. The molecule has 1 heterocycles. The van der Waals surface area contributed by atoms with E-state index >= 15 is 0 Å². The number of H-pyrrole nitrogens is 1. The monoisotopic (exact) mass is 388 g/mol. The molecule has 5 nitrogen and oxygen atoms in total. The van der Waals surface area contributed by atoms with E-state index in [2.05, 4.69) is 15.5 Å². The minimum Gasteiger partial charge on any atom is -0.348 e. The molecule has 0 spiro atoms. The number of amides is 1. The van der Waals surface area contributed by atoms with Crippen molar-refractivity contribution in [1.82, 2.24) is 20.1 Å². The Bertz CT molecular complexity index is 1030. The second kappa shape index (κ2) is 7.79. The zero-order valence-electron chi connectivity index (χ0n) is 14.8. The summed E-state index contributed by atoms with van der Waals surface area (Å²) in [7, 11) is 0. The van der Waals surface area contributed by atoms with Crippen LogP contribution in [0.2, 0.25) is 0 Å². The van der Waals surface area contributed by atoms with Crippen molar-refractivity contribution < 1.29 is 13.6 Å². The molecule has 0 fully saturated rings. The molecule has 0 saturated heterocycles. The molecule has 1 atom stereocenters. The lowest BCUT2D eigenvalue weighted by molar-refractivity contribution is -0.122. The van der Waals surface area contributed by atoms with Gasteiger partial charge in [0.2, 0.25) is 5.91 Å². The minimum atomic E-state index is -0.952. The fourth-order valence-electron chi connectivity index (χ4n) is 2.68. The zero-order chi connectivity index (χ0) is 19.6. The summed E-state index contributed by atoms with van der Waals surface area (Å²) in [6, 6.07) is 10.8. The van der Waals surface area contributed by atoms with Crippen molar-refractivity contribution in [3.8, 4) is 11.4 Å². The largest absolute Gasteiger partial charge is 0.348 e. The van der Waals surface area contributed by atoms with Gasteiger partial charge < -0.3 is 5.32 Å². The van der Waals surface area contributed by atoms with Gasteiger partial charge in [0.1, 0.15) is 6.54 Å². The molecular weight excluding hydrogens is 370 g/mol. The lowest BCUT2D eigenvalue weighted by Crippen LogP contribution is -2.30. The topological polar surface area (TPSA) is 62.7 Å². The highest BCUT2D eigenvalue weighted by molar-refractivity contribution is 7.71. The van der Waals surface area contributed by atoms with Gasteiger partial charge in [-0.3, -0.25) is 14.5 Å². The van der Waals surface area contributed by atoms with Gasteiger partial charge in [-0.2, -0.15) is 5.10 Å². The third-order valence-electron chi connectivity index (χ3n) is 4.19. The fraction of sp³-hybridized carbons (Fsp3) is 0.211. The summed E-state index contributed by atoms with van der Waals surface area (Å²) in [6.45, 7) is 3.63. The Morgan fingerprint density at radius 3 is 2.59 bits per heavy atom. The number of aromatic amines is 1. The van der Waals surface area contributed by atoms with Crippen LogP contribution in [0.15, 0.2) is 42.5 Å². The van der Waals surface area contributed by atoms with E-state index in [0.29, 0.717) is 16.2 Å². The van der Waals surface area contributed by atoms with Gasteiger partial charge >= 0.3 is 0 Å². The van der Waals surface area contributed by atoms with Crippen molar-refractivity contribution in [2.24, 2.45) is 0 Å². The van der Waals surface area contributed by atoms with Crippen molar-refractivity contribution in [1.29, 1.82) is 0 Å². The summed E-state index contributed by atoms with van der Waals surface area (Å²) >= 11 is 5.23. The highest BCUT2D eigenvalue weighted by Gasteiger charge is 2.15. The van der Waals surface area contributed by atoms with E-state index in [9.17, 15) is 13.6 Å². The number of carbonyl (C=O) groups is 1. The van der Waals surface area contributed by atoms with Crippen molar-refractivity contribution in [2.45, 2.75) is 26.4 Å². The van der Waals surface area contributed by atoms with Gasteiger partial charge in [0.25, 0.3) is 0 Å². The molecule has 1 unspecified atom stereocenters. The molecule has 27 heavy (non-hydrogen) atoms. The number of nitrogens with zero attached hydrogens (tertiary/aromatic N) is 2. The third kappa shape index (κ3) is 4.28. The highest BCUT2D eigenvalue weighted by atomic mass is 32.1. The molecule has 1 aromatic heterocycles. The maximum absolute atomic E-state index is 13.4. The fourth-order valence-corrected chi connectivity index (χ4v) is 2.88. The molecule has 0 aliphatic heterocycles. The lowest BCUT2D eigenvalue weighted by atomic mass is 10.1. The molecule has 0 saturated carbocycles. The van der Waals surface area contributed by atoms with E-state index in [1.807, 2.05) is 31.2 Å². The van der Waals surface area contributed by atoms with Gasteiger partial charge in [-0.15, -0.1) is 0 Å². The van der Waals surface area contributed by atoms with Gasteiger partial charge in [-0.25, -0.2) is 8.78 Å². The lowest BCUT2D eigenvalue weighted by Gasteiger charge is -2.15. The van der Waals surface area contributed by atoms with Gasteiger partial charge in [0, 0.05) is 5.56 Å². The first-order valence-electron chi connectivity index (χ1n) is 8.31. The van der Waals surface area contributed by atoms with E-state index in [1.54, 1.807) is 11.5 Å². The molecule has 0 aliphatic rings.